The fourth-order valence-electron chi connectivity index (χ4n) is 1.96. The monoisotopic (exact) mass is 296 g/mol. The average Bonchev–Trinajstić information content (AvgIpc) is 2.46. The molecule has 4 heteroatoms. The Morgan fingerprint density at radius 3 is 2.41 bits per heavy atom. The molecule has 2 aromatic carbocycles. The van der Waals surface area contributed by atoms with Crippen LogP contribution in [0.1, 0.15) is 42.3 Å². The van der Waals surface area contributed by atoms with Crippen molar-refractivity contribution in [2.75, 3.05) is 0 Å². The number of benzene rings is 2. The quantitative estimate of drug-likeness (QED) is 0.673. The zero-order valence-corrected chi connectivity index (χ0v) is 13.0. The van der Waals surface area contributed by atoms with Gasteiger partial charge in [-0.3, -0.25) is 4.79 Å². The standard InChI is InChI=1S/C18H20N2O2/c1-18(2,3)15-9-7-14(8-10-15)17(22)20-19-12-13-5-4-6-16(21)11-13/h4-12,21H,1-3H3,(H,20,22)/b19-12+. The fraction of sp³-hybridized carbons (Fsp3) is 0.222. The maximum absolute atomic E-state index is 12.0. The van der Waals surface area contributed by atoms with Crippen molar-refractivity contribution in [1.29, 1.82) is 0 Å². The van der Waals surface area contributed by atoms with Crippen LogP contribution in [-0.4, -0.2) is 17.2 Å². The Kier molecular flexibility index (Phi) is 4.61. The Bertz CT molecular complexity index is 683. The van der Waals surface area contributed by atoms with E-state index in [2.05, 4.69) is 31.3 Å². The number of nitrogens with zero attached hydrogens (tertiary/aromatic N) is 1. The molecule has 0 heterocycles. The molecule has 0 bridgehead atoms. The molecule has 2 aromatic rings. The van der Waals surface area contributed by atoms with Crippen molar-refractivity contribution in [2.24, 2.45) is 5.10 Å². The van der Waals surface area contributed by atoms with E-state index in [9.17, 15) is 9.90 Å². The third kappa shape index (κ3) is 4.19. The Hall–Kier alpha value is -2.62. The van der Waals surface area contributed by atoms with Crippen molar-refractivity contribution in [3.8, 4) is 5.75 Å². The molecular weight excluding hydrogens is 276 g/mol. The maximum Gasteiger partial charge on any atom is 0.271 e. The zero-order valence-electron chi connectivity index (χ0n) is 13.0. The Labute approximate surface area is 130 Å². The minimum absolute atomic E-state index is 0.0580. The Morgan fingerprint density at radius 1 is 1.14 bits per heavy atom. The first-order valence-corrected chi connectivity index (χ1v) is 7.09. The Balaban J connectivity index is 2.00. The molecule has 1 amide bonds. The molecule has 0 aliphatic rings. The van der Waals surface area contributed by atoms with Crippen LogP contribution >= 0.6 is 0 Å². The molecule has 0 saturated carbocycles. The first kappa shape index (κ1) is 15.8. The summed E-state index contributed by atoms with van der Waals surface area (Å²) in [7, 11) is 0. The number of carbonyl (C=O) groups excluding carboxylic acids is 1. The fourth-order valence-corrected chi connectivity index (χ4v) is 1.96. The average molecular weight is 296 g/mol. The van der Waals surface area contributed by atoms with Crippen molar-refractivity contribution in [3.05, 3.63) is 65.2 Å². The number of phenols is 1. The highest BCUT2D eigenvalue weighted by atomic mass is 16.3. The molecule has 2 rings (SSSR count). The van der Waals surface area contributed by atoms with Crippen molar-refractivity contribution >= 4 is 12.1 Å². The summed E-state index contributed by atoms with van der Waals surface area (Å²) in [4.78, 5) is 12.0. The first-order chi connectivity index (χ1) is 10.4. The van der Waals surface area contributed by atoms with Gasteiger partial charge >= 0.3 is 0 Å². The summed E-state index contributed by atoms with van der Waals surface area (Å²) in [5.74, 6) is -0.107. The van der Waals surface area contributed by atoms with Gasteiger partial charge in [0, 0.05) is 5.56 Å². The minimum Gasteiger partial charge on any atom is -0.508 e. The van der Waals surface area contributed by atoms with E-state index in [4.69, 9.17) is 0 Å². The van der Waals surface area contributed by atoms with Crippen LogP contribution in [0.3, 0.4) is 0 Å². The predicted molar refractivity (Wildman–Crippen MR) is 88.3 cm³/mol. The van der Waals surface area contributed by atoms with Crippen LogP contribution in [0.4, 0.5) is 0 Å². The summed E-state index contributed by atoms with van der Waals surface area (Å²) in [6.45, 7) is 6.38. The zero-order chi connectivity index (χ0) is 16.2. The number of carbonyl (C=O) groups is 1. The van der Waals surface area contributed by atoms with Crippen LogP contribution in [0.15, 0.2) is 53.6 Å². The lowest BCUT2D eigenvalue weighted by Crippen LogP contribution is -2.18. The number of nitrogens with one attached hydrogen (secondary N) is 1. The van der Waals surface area contributed by atoms with E-state index in [1.165, 1.54) is 11.8 Å². The molecule has 0 atom stereocenters. The SMILES string of the molecule is CC(C)(C)c1ccc(C(=O)N/N=C/c2cccc(O)c2)cc1. The molecule has 0 saturated heterocycles. The normalized spacial score (nSPS) is 11.6. The molecular formula is C18H20N2O2. The van der Waals surface area contributed by atoms with E-state index in [0.717, 1.165) is 0 Å². The van der Waals surface area contributed by atoms with Crippen LogP contribution in [-0.2, 0) is 5.41 Å². The van der Waals surface area contributed by atoms with Gasteiger partial charge in [-0.25, -0.2) is 5.43 Å². The van der Waals surface area contributed by atoms with Gasteiger partial charge in [-0.15, -0.1) is 0 Å². The van der Waals surface area contributed by atoms with Crippen LogP contribution in [0.25, 0.3) is 0 Å². The number of hydrazone groups is 1. The van der Waals surface area contributed by atoms with E-state index in [0.29, 0.717) is 11.1 Å². The van der Waals surface area contributed by atoms with E-state index >= 15 is 0 Å². The lowest BCUT2D eigenvalue weighted by atomic mass is 9.87. The van der Waals surface area contributed by atoms with Gasteiger partial charge in [0.2, 0.25) is 0 Å². The first-order valence-electron chi connectivity index (χ1n) is 7.09. The number of hydrogen-bond donors (Lipinski definition) is 2. The second kappa shape index (κ2) is 6.43. The lowest BCUT2D eigenvalue weighted by molar-refractivity contribution is 0.0955. The van der Waals surface area contributed by atoms with Crippen molar-refractivity contribution in [2.45, 2.75) is 26.2 Å². The van der Waals surface area contributed by atoms with Crippen molar-refractivity contribution in [3.63, 3.8) is 0 Å². The molecule has 0 radical (unpaired) electrons. The van der Waals surface area contributed by atoms with E-state index < -0.39 is 0 Å². The highest BCUT2D eigenvalue weighted by Gasteiger charge is 2.14. The summed E-state index contributed by atoms with van der Waals surface area (Å²) in [6.07, 6.45) is 1.49. The van der Waals surface area contributed by atoms with Crippen molar-refractivity contribution < 1.29 is 9.90 Å². The van der Waals surface area contributed by atoms with Gasteiger partial charge in [0.05, 0.1) is 6.21 Å². The lowest BCUT2D eigenvalue weighted by Gasteiger charge is -2.18. The van der Waals surface area contributed by atoms with E-state index in [-0.39, 0.29) is 17.1 Å². The van der Waals surface area contributed by atoms with Gasteiger partial charge in [0.25, 0.3) is 5.91 Å². The summed E-state index contributed by atoms with van der Waals surface area (Å²) in [6, 6.07) is 14.1. The molecule has 0 aliphatic heterocycles. The van der Waals surface area contributed by atoms with Gasteiger partial charge in [0.15, 0.2) is 0 Å². The highest BCUT2D eigenvalue weighted by molar-refractivity contribution is 5.94. The van der Waals surface area contributed by atoms with E-state index in [1.807, 2.05) is 12.1 Å². The second-order valence-electron chi connectivity index (χ2n) is 6.12. The molecule has 0 unspecified atom stereocenters. The molecule has 2 N–H and O–H groups in total. The van der Waals surface area contributed by atoms with Crippen LogP contribution < -0.4 is 5.43 Å². The topological polar surface area (TPSA) is 61.7 Å². The molecule has 4 nitrogen and oxygen atoms in total. The number of amides is 1. The Morgan fingerprint density at radius 2 is 1.82 bits per heavy atom. The molecule has 0 spiro atoms. The van der Waals surface area contributed by atoms with Gasteiger partial charge in [-0.05, 0) is 40.8 Å². The third-order valence-electron chi connectivity index (χ3n) is 3.26. The third-order valence-corrected chi connectivity index (χ3v) is 3.26. The van der Waals surface area contributed by atoms with Crippen molar-refractivity contribution in [1.82, 2.24) is 5.43 Å². The second-order valence-corrected chi connectivity index (χ2v) is 6.12. The highest BCUT2D eigenvalue weighted by Crippen LogP contribution is 2.22. The van der Waals surface area contributed by atoms with Crippen LogP contribution in [0.5, 0.6) is 5.75 Å². The molecule has 22 heavy (non-hydrogen) atoms. The summed E-state index contributed by atoms with van der Waals surface area (Å²) in [5, 5.41) is 13.2. The molecule has 0 aliphatic carbocycles. The van der Waals surface area contributed by atoms with Crippen LogP contribution in [0, 0.1) is 0 Å². The summed E-state index contributed by atoms with van der Waals surface area (Å²) < 4.78 is 0. The van der Waals surface area contributed by atoms with Gasteiger partial charge in [-0.2, -0.15) is 5.10 Å². The van der Waals surface area contributed by atoms with Gasteiger partial charge in [-0.1, -0.05) is 45.0 Å². The molecule has 0 fully saturated rings. The summed E-state index contributed by atoms with van der Waals surface area (Å²) in [5.41, 5.74) is 4.97. The number of hydrogen-bond acceptors (Lipinski definition) is 3. The number of phenolic OH excluding ortho intramolecular Hbond substituents is 1. The number of aromatic hydroxyl groups is 1. The summed E-state index contributed by atoms with van der Waals surface area (Å²) >= 11 is 0. The van der Waals surface area contributed by atoms with Gasteiger partial charge in [0.1, 0.15) is 5.75 Å². The molecule has 114 valence electrons. The van der Waals surface area contributed by atoms with Crippen LogP contribution in [0.2, 0.25) is 0 Å². The van der Waals surface area contributed by atoms with E-state index in [1.54, 1.807) is 36.4 Å². The maximum atomic E-state index is 12.0. The predicted octanol–water partition coefficient (Wildman–Crippen LogP) is 3.45. The smallest absolute Gasteiger partial charge is 0.271 e. The largest absolute Gasteiger partial charge is 0.508 e. The molecule has 0 aromatic heterocycles. The number of rotatable bonds is 3. The van der Waals surface area contributed by atoms with Gasteiger partial charge < -0.3 is 5.11 Å². The minimum atomic E-state index is -0.267.